The summed E-state index contributed by atoms with van der Waals surface area (Å²) in [6, 6.07) is 10.9. The first kappa shape index (κ1) is 20.3. The Hall–Kier alpha value is -2.97. The number of hydrogen-bond acceptors (Lipinski definition) is 6. The van der Waals surface area contributed by atoms with E-state index in [4.69, 9.17) is 17.3 Å². The van der Waals surface area contributed by atoms with Crippen molar-refractivity contribution >= 4 is 46.3 Å². The number of carbonyl (C=O) groups excluding carboxylic acids is 2. The van der Waals surface area contributed by atoms with E-state index in [1.54, 1.807) is 29.8 Å². The molecule has 7 nitrogen and oxygen atoms in total. The van der Waals surface area contributed by atoms with Crippen LogP contribution >= 0.6 is 22.9 Å². The Labute approximate surface area is 182 Å². The van der Waals surface area contributed by atoms with Crippen LogP contribution in [-0.2, 0) is 4.79 Å². The second-order valence-corrected chi connectivity index (χ2v) is 8.39. The first-order valence-corrected chi connectivity index (χ1v) is 10.8. The summed E-state index contributed by atoms with van der Waals surface area (Å²) in [5.41, 5.74) is 7.27. The van der Waals surface area contributed by atoms with Gasteiger partial charge < -0.3 is 16.0 Å². The Morgan fingerprint density at radius 2 is 2.00 bits per heavy atom. The van der Waals surface area contributed by atoms with Crippen molar-refractivity contribution in [1.82, 2.24) is 9.97 Å². The molecule has 1 atom stereocenters. The van der Waals surface area contributed by atoms with Gasteiger partial charge in [-0.2, -0.15) is 0 Å². The maximum atomic E-state index is 12.5. The number of carbonyl (C=O) groups is 2. The molecular weight excluding hydrogens is 422 g/mol. The van der Waals surface area contributed by atoms with Gasteiger partial charge in [0.15, 0.2) is 0 Å². The van der Waals surface area contributed by atoms with Crippen molar-refractivity contribution in [2.75, 3.05) is 23.3 Å². The number of benzene rings is 1. The molecule has 0 radical (unpaired) electrons. The number of aromatic nitrogens is 2. The van der Waals surface area contributed by atoms with Gasteiger partial charge in [0, 0.05) is 29.1 Å². The third-order valence-electron chi connectivity index (χ3n) is 4.98. The summed E-state index contributed by atoms with van der Waals surface area (Å²) >= 11 is 7.31. The Kier molecular flexibility index (Phi) is 5.96. The normalized spacial score (nSPS) is 16.3. The zero-order valence-electron chi connectivity index (χ0n) is 16.0. The number of primary amides is 1. The molecule has 0 aliphatic carbocycles. The second-order valence-electron chi connectivity index (χ2n) is 7.09. The summed E-state index contributed by atoms with van der Waals surface area (Å²) in [4.78, 5) is 34.9. The quantitative estimate of drug-likeness (QED) is 0.626. The van der Waals surface area contributed by atoms with E-state index in [1.807, 2.05) is 23.1 Å². The zero-order valence-corrected chi connectivity index (χ0v) is 17.6. The van der Waals surface area contributed by atoms with Gasteiger partial charge in [-0.25, -0.2) is 9.97 Å². The number of pyridine rings is 1. The fourth-order valence-corrected chi connectivity index (χ4v) is 4.29. The molecule has 154 valence electrons. The Morgan fingerprint density at radius 1 is 1.20 bits per heavy atom. The lowest BCUT2D eigenvalue weighted by molar-refractivity contribution is -0.122. The molecule has 9 heteroatoms. The number of amides is 2. The average molecular weight is 442 g/mol. The number of rotatable bonds is 5. The Balaban J connectivity index is 1.40. The van der Waals surface area contributed by atoms with Crippen LogP contribution in [0.15, 0.2) is 48.0 Å². The molecule has 1 saturated heterocycles. The minimum atomic E-state index is -0.298. The molecule has 1 aliphatic heterocycles. The topological polar surface area (TPSA) is 101 Å². The van der Waals surface area contributed by atoms with Crippen molar-refractivity contribution in [3.05, 3.63) is 58.7 Å². The molecule has 30 heavy (non-hydrogen) atoms. The fraction of sp³-hybridized carbons (Fsp3) is 0.238. The van der Waals surface area contributed by atoms with E-state index < -0.39 is 0 Å². The predicted molar refractivity (Wildman–Crippen MR) is 119 cm³/mol. The lowest BCUT2D eigenvalue weighted by Gasteiger charge is -2.32. The zero-order chi connectivity index (χ0) is 21.1. The molecule has 3 N–H and O–H groups in total. The van der Waals surface area contributed by atoms with Gasteiger partial charge in [0.25, 0.3) is 5.91 Å². The van der Waals surface area contributed by atoms with Gasteiger partial charge in [0.2, 0.25) is 5.91 Å². The smallest absolute Gasteiger partial charge is 0.275 e. The third-order valence-corrected chi connectivity index (χ3v) is 6.12. The lowest BCUT2D eigenvalue weighted by Crippen LogP contribution is -2.41. The van der Waals surface area contributed by atoms with E-state index in [-0.39, 0.29) is 17.7 Å². The molecule has 0 spiro atoms. The third kappa shape index (κ3) is 4.60. The molecule has 2 aromatic heterocycles. The first-order chi connectivity index (χ1) is 14.5. The molecule has 4 rings (SSSR count). The van der Waals surface area contributed by atoms with Gasteiger partial charge in [-0.3, -0.25) is 9.59 Å². The number of thiazole rings is 1. The van der Waals surface area contributed by atoms with Crippen LogP contribution < -0.4 is 16.0 Å². The van der Waals surface area contributed by atoms with Crippen LogP contribution in [0.5, 0.6) is 0 Å². The molecule has 1 aliphatic rings. The van der Waals surface area contributed by atoms with Crippen molar-refractivity contribution < 1.29 is 9.59 Å². The fourth-order valence-electron chi connectivity index (χ4n) is 3.36. The predicted octanol–water partition coefficient (Wildman–Crippen LogP) is 3.81. The van der Waals surface area contributed by atoms with E-state index in [9.17, 15) is 9.59 Å². The van der Waals surface area contributed by atoms with Crippen LogP contribution in [0.2, 0.25) is 5.02 Å². The van der Waals surface area contributed by atoms with E-state index in [1.165, 1.54) is 11.3 Å². The molecular formula is C21H20ClN5O2S. The maximum Gasteiger partial charge on any atom is 0.275 e. The molecule has 3 aromatic rings. The number of nitrogens with two attached hydrogens (primary N) is 1. The summed E-state index contributed by atoms with van der Waals surface area (Å²) < 4.78 is 0. The van der Waals surface area contributed by atoms with Crippen LogP contribution in [0, 0.1) is 5.92 Å². The summed E-state index contributed by atoms with van der Waals surface area (Å²) in [5, 5.41) is 5.94. The van der Waals surface area contributed by atoms with Crippen LogP contribution in [0.4, 0.5) is 11.5 Å². The molecule has 0 bridgehead atoms. The van der Waals surface area contributed by atoms with E-state index in [0.29, 0.717) is 22.9 Å². The monoisotopic (exact) mass is 441 g/mol. The summed E-state index contributed by atoms with van der Waals surface area (Å²) in [7, 11) is 0. The SMILES string of the molecule is NC(=O)C1CCCN(c2ccc(NC(=O)c3csc(-c4ccc(Cl)cc4)n3)cn2)C1. The minimum Gasteiger partial charge on any atom is -0.369 e. The maximum absolute atomic E-state index is 12.5. The van der Waals surface area contributed by atoms with Crippen molar-refractivity contribution in [2.24, 2.45) is 11.7 Å². The molecule has 1 fully saturated rings. The van der Waals surface area contributed by atoms with Gasteiger partial charge in [0.1, 0.15) is 16.5 Å². The molecule has 2 amide bonds. The molecule has 1 aromatic carbocycles. The van der Waals surface area contributed by atoms with Gasteiger partial charge in [0.05, 0.1) is 17.8 Å². The summed E-state index contributed by atoms with van der Waals surface area (Å²) in [6.07, 6.45) is 3.31. The molecule has 0 saturated carbocycles. The van der Waals surface area contributed by atoms with Crippen molar-refractivity contribution in [3.8, 4) is 10.6 Å². The largest absolute Gasteiger partial charge is 0.369 e. The van der Waals surface area contributed by atoms with E-state index in [2.05, 4.69) is 15.3 Å². The summed E-state index contributed by atoms with van der Waals surface area (Å²) in [5.74, 6) is 0.0367. The Morgan fingerprint density at radius 3 is 2.70 bits per heavy atom. The molecule has 1 unspecified atom stereocenters. The highest BCUT2D eigenvalue weighted by atomic mass is 35.5. The second kappa shape index (κ2) is 8.81. The number of hydrogen-bond donors (Lipinski definition) is 2. The van der Waals surface area contributed by atoms with Gasteiger partial charge in [-0.05, 0) is 37.1 Å². The van der Waals surface area contributed by atoms with Crippen LogP contribution in [-0.4, -0.2) is 34.9 Å². The lowest BCUT2D eigenvalue weighted by atomic mass is 9.97. The summed E-state index contributed by atoms with van der Waals surface area (Å²) in [6.45, 7) is 1.40. The number of halogens is 1. The minimum absolute atomic E-state index is 0.153. The van der Waals surface area contributed by atoms with E-state index >= 15 is 0 Å². The van der Waals surface area contributed by atoms with Crippen molar-refractivity contribution in [2.45, 2.75) is 12.8 Å². The van der Waals surface area contributed by atoms with Crippen molar-refractivity contribution in [1.29, 1.82) is 0 Å². The van der Waals surface area contributed by atoms with E-state index in [0.717, 1.165) is 35.8 Å². The van der Waals surface area contributed by atoms with Crippen molar-refractivity contribution in [3.63, 3.8) is 0 Å². The number of nitrogens with zero attached hydrogens (tertiary/aromatic N) is 3. The van der Waals surface area contributed by atoms with Gasteiger partial charge >= 0.3 is 0 Å². The highest BCUT2D eigenvalue weighted by molar-refractivity contribution is 7.13. The average Bonchev–Trinajstić information content (AvgIpc) is 3.25. The highest BCUT2D eigenvalue weighted by Gasteiger charge is 2.24. The number of piperidine rings is 1. The number of anilines is 2. The molecule has 3 heterocycles. The van der Waals surface area contributed by atoms with Gasteiger partial charge in [-0.1, -0.05) is 23.7 Å². The first-order valence-electron chi connectivity index (χ1n) is 9.53. The highest BCUT2D eigenvalue weighted by Crippen LogP contribution is 2.26. The van der Waals surface area contributed by atoms with Gasteiger partial charge in [-0.15, -0.1) is 11.3 Å². The van der Waals surface area contributed by atoms with Crippen LogP contribution in [0.3, 0.4) is 0 Å². The standard InChI is InChI=1S/C21H20ClN5O2S/c22-15-5-3-13(4-6-15)21-26-17(12-30-21)20(29)25-16-7-8-18(24-10-16)27-9-1-2-14(11-27)19(23)28/h3-8,10,12,14H,1-2,9,11H2,(H2,23,28)(H,25,29). The van der Waals surface area contributed by atoms with Crippen LogP contribution in [0.25, 0.3) is 10.6 Å². The number of nitrogens with one attached hydrogen (secondary N) is 1. The van der Waals surface area contributed by atoms with Crippen LogP contribution in [0.1, 0.15) is 23.3 Å². The Bertz CT molecular complexity index is 1050.